The first-order valence-electron chi connectivity index (χ1n) is 10.8. The maximum absolute atomic E-state index is 6.47. The van der Waals surface area contributed by atoms with Crippen molar-refractivity contribution in [3.63, 3.8) is 0 Å². The Morgan fingerprint density at radius 1 is 1.06 bits per heavy atom. The summed E-state index contributed by atoms with van der Waals surface area (Å²) in [5.74, 6) is 1.81. The average Bonchev–Trinajstić information content (AvgIpc) is 3.26. The molecule has 2 atom stereocenters. The Bertz CT molecular complexity index is 1080. The normalized spacial score (nSPS) is 19.3. The van der Waals surface area contributed by atoms with Crippen LogP contribution in [0.2, 0.25) is 0 Å². The number of rotatable bonds is 6. The summed E-state index contributed by atoms with van der Waals surface area (Å²) in [6.45, 7) is 2.91. The molecule has 0 aromatic heterocycles. The van der Waals surface area contributed by atoms with Gasteiger partial charge in [0.05, 0.1) is 18.4 Å². The van der Waals surface area contributed by atoms with Gasteiger partial charge in [-0.15, -0.1) is 0 Å². The zero-order valence-corrected chi connectivity index (χ0v) is 19.1. The van der Waals surface area contributed by atoms with Gasteiger partial charge in [-0.1, -0.05) is 59.6 Å². The predicted molar refractivity (Wildman–Crippen MR) is 127 cm³/mol. The Morgan fingerprint density at radius 3 is 2.65 bits per heavy atom. The molecule has 0 N–H and O–H groups in total. The third-order valence-electron chi connectivity index (χ3n) is 5.79. The fraction of sp³-hybridized carbons (Fsp3) is 0.269. The lowest BCUT2D eigenvalue weighted by molar-refractivity contribution is -0.0191. The molecule has 0 fully saturated rings. The fourth-order valence-corrected chi connectivity index (χ4v) is 4.52. The van der Waals surface area contributed by atoms with E-state index < -0.39 is 0 Å². The molecule has 2 heterocycles. The topological polar surface area (TPSA) is 34.1 Å². The maximum Gasteiger partial charge on any atom is 0.213 e. The number of ether oxygens (including phenoxy) is 2. The second-order valence-electron chi connectivity index (χ2n) is 7.94. The molecule has 2 aliphatic heterocycles. The van der Waals surface area contributed by atoms with E-state index in [1.165, 1.54) is 5.56 Å². The Morgan fingerprint density at radius 2 is 1.87 bits per heavy atom. The van der Waals surface area contributed by atoms with Crippen LogP contribution >= 0.6 is 15.9 Å². The van der Waals surface area contributed by atoms with Gasteiger partial charge in [-0.05, 0) is 54.4 Å². The molecule has 0 spiro atoms. The number of hydrogen-bond acceptors (Lipinski definition) is 4. The molecule has 0 saturated carbocycles. The quantitative estimate of drug-likeness (QED) is 0.364. The minimum atomic E-state index is -0.274. The summed E-state index contributed by atoms with van der Waals surface area (Å²) in [4.78, 5) is 0. The summed E-state index contributed by atoms with van der Waals surface area (Å²) < 4.78 is 13.4. The molecule has 3 aromatic rings. The Hall–Kier alpha value is -2.79. The average molecular weight is 477 g/mol. The zero-order chi connectivity index (χ0) is 21.2. The second-order valence-corrected chi connectivity index (χ2v) is 8.85. The van der Waals surface area contributed by atoms with Crippen LogP contribution in [0.25, 0.3) is 0 Å². The van der Waals surface area contributed by atoms with Gasteiger partial charge in [-0.2, -0.15) is 5.10 Å². The van der Waals surface area contributed by atoms with Crippen LogP contribution in [0, 0.1) is 0 Å². The molecular formula is C26H25BrN2O2. The van der Waals surface area contributed by atoms with Gasteiger partial charge < -0.3 is 9.47 Å². The highest BCUT2D eigenvalue weighted by Gasteiger charge is 2.41. The van der Waals surface area contributed by atoms with E-state index in [0.29, 0.717) is 0 Å². The van der Waals surface area contributed by atoms with E-state index in [1.54, 1.807) is 0 Å². The third-order valence-corrected chi connectivity index (χ3v) is 6.28. The van der Waals surface area contributed by atoms with Crippen LogP contribution in [-0.4, -0.2) is 17.3 Å². The summed E-state index contributed by atoms with van der Waals surface area (Å²) in [6.07, 6.45) is 2.77. The molecule has 0 amide bonds. The number of nitrogens with zero attached hydrogens (tertiary/aromatic N) is 2. The van der Waals surface area contributed by atoms with Crippen molar-refractivity contribution in [2.24, 2.45) is 5.10 Å². The number of hydrogen-bond donors (Lipinski definition) is 0. The first-order valence-corrected chi connectivity index (χ1v) is 11.6. The summed E-state index contributed by atoms with van der Waals surface area (Å²) >= 11 is 3.62. The highest BCUT2D eigenvalue weighted by Crippen LogP contribution is 2.48. The molecule has 158 valence electrons. The number of fused-ring (bicyclic) bond motifs is 3. The molecule has 31 heavy (non-hydrogen) atoms. The summed E-state index contributed by atoms with van der Waals surface area (Å²) in [5, 5.41) is 7.14. The number of unbranched alkanes of at least 4 members (excludes halogenated alkanes) is 1. The highest BCUT2D eigenvalue weighted by molar-refractivity contribution is 9.10. The molecule has 2 unspecified atom stereocenters. The molecule has 0 radical (unpaired) electrons. The minimum absolute atomic E-state index is 0.141. The van der Waals surface area contributed by atoms with E-state index in [0.717, 1.165) is 58.7 Å². The lowest BCUT2D eigenvalue weighted by Gasteiger charge is -2.38. The predicted octanol–water partition coefficient (Wildman–Crippen LogP) is 6.87. The Labute approximate surface area is 191 Å². The van der Waals surface area contributed by atoms with Gasteiger partial charge in [0.25, 0.3) is 0 Å². The van der Waals surface area contributed by atoms with Crippen molar-refractivity contribution in [3.05, 3.63) is 94.0 Å². The lowest BCUT2D eigenvalue weighted by Crippen LogP contribution is -2.33. The standard InChI is InChI=1S/C26H25BrN2O2/c1-2-3-15-30-21-12-9-19(10-13-21)26-29-24(22-16-20(27)11-14-25(22)31-26)17-23(28-29)18-7-5-4-6-8-18/h4-14,16,24,26H,2-3,15,17H2,1H3. The van der Waals surface area contributed by atoms with Gasteiger partial charge >= 0.3 is 0 Å². The molecule has 4 nitrogen and oxygen atoms in total. The summed E-state index contributed by atoms with van der Waals surface area (Å²) in [6, 6.07) is 25.0. The molecule has 0 bridgehead atoms. The summed E-state index contributed by atoms with van der Waals surface area (Å²) in [7, 11) is 0. The monoisotopic (exact) mass is 476 g/mol. The summed E-state index contributed by atoms with van der Waals surface area (Å²) in [5.41, 5.74) is 4.48. The Balaban J connectivity index is 1.48. The van der Waals surface area contributed by atoms with Crippen molar-refractivity contribution in [2.45, 2.75) is 38.5 Å². The maximum atomic E-state index is 6.47. The van der Waals surface area contributed by atoms with Crippen LogP contribution in [0.15, 0.2) is 82.4 Å². The fourth-order valence-electron chi connectivity index (χ4n) is 4.15. The Kier molecular flexibility index (Phi) is 5.68. The number of hydrazone groups is 1. The van der Waals surface area contributed by atoms with Crippen LogP contribution in [-0.2, 0) is 0 Å². The van der Waals surface area contributed by atoms with Gasteiger partial charge in [-0.3, -0.25) is 0 Å². The number of halogens is 1. The highest BCUT2D eigenvalue weighted by atomic mass is 79.9. The van der Waals surface area contributed by atoms with E-state index in [-0.39, 0.29) is 12.3 Å². The zero-order valence-electron chi connectivity index (χ0n) is 17.5. The van der Waals surface area contributed by atoms with Crippen molar-refractivity contribution >= 4 is 21.6 Å². The molecular weight excluding hydrogens is 452 g/mol. The van der Waals surface area contributed by atoms with E-state index in [2.05, 4.69) is 70.3 Å². The van der Waals surface area contributed by atoms with Crippen LogP contribution < -0.4 is 9.47 Å². The van der Waals surface area contributed by atoms with Gasteiger partial charge in [0.1, 0.15) is 11.5 Å². The molecule has 5 heteroatoms. The molecule has 3 aromatic carbocycles. The first-order chi connectivity index (χ1) is 15.2. The molecule has 0 saturated heterocycles. The second kappa shape index (κ2) is 8.75. The molecule has 2 aliphatic rings. The lowest BCUT2D eigenvalue weighted by atomic mass is 9.96. The van der Waals surface area contributed by atoms with Gasteiger partial charge in [0, 0.05) is 22.0 Å². The van der Waals surface area contributed by atoms with Crippen molar-refractivity contribution in [1.82, 2.24) is 5.01 Å². The van der Waals surface area contributed by atoms with E-state index in [9.17, 15) is 0 Å². The van der Waals surface area contributed by atoms with E-state index >= 15 is 0 Å². The SMILES string of the molecule is CCCCOc1ccc(C2Oc3ccc(Br)cc3C3CC(c4ccccc4)=NN32)cc1. The van der Waals surface area contributed by atoms with Crippen LogP contribution in [0.5, 0.6) is 11.5 Å². The van der Waals surface area contributed by atoms with Crippen molar-refractivity contribution < 1.29 is 9.47 Å². The molecule has 0 aliphatic carbocycles. The van der Waals surface area contributed by atoms with Crippen molar-refractivity contribution in [1.29, 1.82) is 0 Å². The van der Waals surface area contributed by atoms with Crippen LogP contribution in [0.1, 0.15) is 55.1 Å². The van der Waals surface area contributed by atoms with E-state index in [1.807, 2.05) is 30.3 Å². The first kappa shape index (κ1) is 20.1. The molecule has 5 rings (SSSR count). The third kappa shape index (κ3) is 4.07. The van der Waals surface area contributed by atoms with Crippen molar-refractivity contribution in [3.8, 4) is 11.5 Å². The van der Waals surface area contributed by atoms with E-state index in [4.69, 9.17) is 14.6 Å². The van der Waals surface area contributed by atoms with Crippen LogP contribution in [0.4, 0.5) is 0 Å². The van der Waals surface area contributed by atoms with Crippen molar-refractivity contribution in [2.75, 3.05) is 6.61 Å². The van der Waals surface area contributed by atoms with Gasteiger partial charge in [0.15, 0.2) is 0 Å². The van der Waals surface area contributed by atoms with Gasteiger partial charge in [0.2, 0.25) is 6.23 Å². The smallest absolute Gasteiger partial charge is 0.213 e. The van der Waals surface area contributed by atoms with Crippen LogP contribution in [0.3, 0.4) is 0 Å². The van der Waals surface area contributed by atoms with Gasteiger partial charge in [-0.25, -0.2) is 5.01 Å². The minimum Gasteiger partial charge on any atom is -0.494 e. The largest absolute Gasteiger partial charge is 0.494 e. The number of benzene rings is 3.